The molecule has 1 unspecified atom stereocenters. The SMILES string of the molecule is Cc1cccc(Cl)c1NC(C)c1cccnc1. The lowest BCUT2D eigenvalue weighted by molar-refractivity contribution is 0.874. The summed E-state index contributed by atoms with van der Waals surface area (Å²) < 4.78 is 0. The van der Waals surface area contributed by atoms with E-state index in [0.717, 1.165) is 21.8 Å². The maximum absolute atomic E-state index is 6.18. The summed E-state index contributed by atoms with van der Waals surface area (Å²) in [6.07, 6.45) is 3.64. The van der Waals surface area contributed by atoms with Crippen molar-refractivity contribution in [1.82, 2.24) is 4.98 Å². The highest BCUT2D eigenvalue weighted by Gasteiger charge is 2.09. The molecule has 1 aromatic heterocycles. The van der Waals surface area contributed by atoms with Crippen molar-refractivity contribution in [3.05, 3.63) is 58.9 Å². The van der Waals surface area contributed by atoms with Crippen LogP contribution in [0.1, 0.15) is 24.1 Å². The summed E-state index contributed by atoms with van der Waals surface area (Å²) in [6.45, 7) is 4.14. The van der Waals surface area contributed by atoms with Gasteiger partial charge in [0.25, 0.3) is 0 Å². The molecule has 1 atom stereocenters. The molecule has 1 aromatic carbocycles. The molecule has 1 N–H and O–H groups in total. The van der Waals surface area contributed by atoms with Gasteiger partial charge in [0.1, 0.15) is 0 Å². The zero-order chi connectivity index (χ0) is 12.3. The second-order valence-corrected chi connectivity index (χ2v) is 4.49. The largest absolute Gasteiger partial charge is 0.377 e. The number of anilines is 1. The van der Waals surface area contributed by atoms with Crippen LogP contribution in [0.3, 0.4) is 0 Å². The normalized spacial score (nSPS) is 12.2. The van der Waals surface area contributed by atoms with E-state index in [1.807, 2.05) is 37.4 Å². The number of para-hydroxylation sites is 1. The fourth-order valence-electron chi connectivity index (χ4n) is 1.75. The van der Waals surface area contributed by atoms with Crippen LogP contribution < -0.4 is 5.32 Å². The van der Waals surface area contributed by atoms with E-state index in [1.165, 1.54) is 0 Å². The molecular weight excluding hydrogens is 232 g/mol. The van der Waals surface area contributed by atoms with Crippen LogP contribution in [0.15, 0.2) is 42.7 Å². The average Bonchev–Trinajstić information content (AvgIpc) is 2.35. The smallest absolute Gasteiger partial charge is 0.0640 e. The predicted octanol–water partition coefficient (Wildman–Crippen LogP) is 4.22. The van der Waals surface area contributed by atoms with E-state index >= 15 is 0 Å². The van der Waals surface area contributed by atoms with Gasteiger partial charge in [0.15, 0.2) is 0 Å². The van der Waals surface area contributed by atoms with Crippen LogP contribution in [0.2, 0.25) is 5.02 Å². The molecule has 0 radical (unpaired) electrons. The highest BCUT2D eigenvalue weighted by molar-refractivity contribution is 6.33. The lowest BCUT2D eigenvalue weighted by atomic mass is 10.1. The summed E-state index contributed by atoms with van der Waals surface area (Å²) in [5.74, 6) is 0. The zero-order valence-corrected chi connectivity index (χ0v) is 10.7. The number of aromatic nitrogens is 1. The van der Waals surface area contributed by atoms with Gasteiger partial charge >= 0.3 is 0 Å². The number of nitrogens with zero attached hydrogens (tertiary/aromatic N) is 1. The summed E-state index contributed by atoms with van der Waals surface area (Å²) >= 11 is 6.18. The first-order valence-corrected chi connectivity index (χ1v) is 5.98. The van der Waals surface area contributed by atoms with E-state index in [2.05, 4.69) is 23.3 Å². The highest BCUT2D eigenvalue weighted by atomic mass is 35.5. The van der Waals surface area contributed by atoms with Gasteiger partial charge in [0, 0.05) is 12.4 Å². The average molecular weight is 247 g/mol. The molecule has 88 valence electrons. The van der Waals surface area contributed by atoms with Crippen molar-refractivity contribution in [2.24, 2.45) is 0 Å². The number of benzene rings is 1. The third kappa shape index (κ3) is 2.77. The van der Waals surface area contributed by atoms with Gasteiger partial charge in [-0.1, -0.05) is 29.8 Å². The van der Waals surface area contributed by atoms with E-state index in [4.69, 9.17) is 11.6 Å². The van der Waals surface area contributed by atoms with Gasteiger partial charge in [-0.05, 0) is 37.1 Å². The van der Waals surface area contributed by atoms with Crippen LogP contribution in [0.25, 0.3) is 0 Å². The second-order valence-electron chi connectivity index (χ2n) is 4.08. The molecule has 17 heavy (non-hydrogen) atoms. The maximum atomic E-state index is 6.18. The van der Waals surface area contributed by atoms with Gasteiger partial charge in [-0.2, -0.15) is 0 Å². The number of nitrogens with one attached hydrogen (secondary N) is 1. The summed E-state index contributed by atoms with van der Waals surface area (Å²) in [7, 11) is 0. The summed E-state index contributed by atoms with van der Waals surface area (Å²) in [4.78, 5) is 4.12. The predicted molar refractivity (Wildman–Crippen MR) is 72.5 cm³/mol. The van der Waals surface area contributed by atoms with Gasteiger partial charge in [-0.15, -0.1) is 0 Å². The van der Waals surface area contributed by atoms with Gasteiger partial charge in [-0.25, -0.2) is 0 Å². The van der Waals surface area contributed by atoms with Crippen molar-refractivity contribution in [1.29, 1.82) is 0 Å². The number of aryl methyl sites for hydroxylation is 1. The topological polar surface area (TPSA) is 24.9 Å². The Balaban J connectivity index is 2.22. The molecule has 0 saturated carbocycles. The van der Waals surface area contributed by atoms with Crippen LogP contribution in [0, 0.1) is 6.92 Å². The van der Waals surface area contributed by atoms with Crippen molar-refractivity contribution >= 4 is 17.3 Å². The van der Waals surface area contributed by atoms with Gasteiger partial charge in [0.2, 0.25) is 0 Å². The van der Waals surface area contributed by atoms with Crippen molar-refractivity contribution in [3.63, 3.8) is 0 Å². The third-order valence-corrected chi connectivity index (χ3v) is 3.08. The molecular formula is C14H15ClN2. The molecule has 2 nitrogen and oxygen atoms in total. The van der Waals surface area contributed by atoms with E-state index < -0.39 is 0 Å². The fraction of sp³-hybridized carbons (Fsp3) is 0.214. The molecule has 0 aliphatic rings. The molecule has 2 aromatic rings. The number of rotatable bonds is 3. The molecule has 0 bridgehead atoms. The standard InChI is InChI=1S/C14H15ClN2/c1-10-5-3-7-13(15)14(10)17-11(2)12-6-4-8-16-9-12/h3-9,11,17H,1-2H3. The van der Waals surface area contributed by atoms with Crippen LogP contribution in [-0.2, 0) is 0 Å². The van der Waals surface area contributed by atoms with Crippen LogP contribution in [0.4, 0.5) is 5.69 Å². The quantitative estimate of drug-likeness (QED) is 0.877. The van der Waals surface area contributed by atoms with Crippen LogP contribution in [-0.4, -0.2) is 4.98 Å². The molecule has 0 aliphatic heterocycles. The molecule has 2 rings (SSSR count). The molecule has 0 saturated heterocycles. The van der Waals surface area contributed by atoms with Crippen molar-refractivity contribution in [3.8, 4) is 0 Å². The lowest BCUT2D eigenvalue weighted by Gasteiger charge is -2.18. The van der Waals surface area contributed by atoms with Crippen molar-refractivity contribution in [2.75, 3.05) is 5.32 Å². The van der Waals surface area contributed by atoms with Gasteiger partial charge in [-0.3, -0.25) is 4.98 Å². The minimum absolute atomic E-state index is 0.183. The second kappa shape index (κ2) is 5.19. The Morgan fingerprint density at radius 3 is 2.71 bits per heavy atom. The van der Waals surface area contributed by atoms with E-state index in [1.54, 1.807) is 6.20 Å². The zero-order valence-electron chi connectivity index (χ0n) is 9.94. The van der Waals surface area contributed by atoms with E-state index in [9.17, 15) is 0 Å². The molecule has 0 spiro atoms. The first-order chi connectivity index (χ1) is 8.18. The summed E-state index contributed by atoms with van der Waals surface area (Å²) in [6, 6.07) is 10.1. The minimum Gasteiger partial charge on any atom is -0.377 e. The number of pyridine rings is 1. The molecule has 1 heterocycles. The Labute approximate surface area is 107 Å². The van der Waals surface area contributed by atoms with Crippen LogP contribution in [0.5, 0.6) is 0 Å². The van der Waals surface area contributed by atoms with E-state index in [0.29, 0.717) is 0 Å². The van der Waals surface area contributed by atoms with Crippen molar-refractivity contribution in [2.45, 2.75) is 19.9 Å². The first kappa shape index (κ1) is 11.9. The molecule has 0 fully saturated rings. The summed E-state index contributed by atoms with van der Waals surface area (Å²) in [5.41, 5.74) is 3.28. The van der Waals surface area contributed by atoms with Gasteiger partial charge in [0.05, 0.1) is 16.8 Å². The summed E-state index contributed by atoms with van der Waals surface area (Å²) in [5, 5.41) is 4.17. The molecule has 0 aliphatic carbocycles. The Kier molecular flexibility index (Phi) is 3.64. The minimum atomic E-state index is 0.183. The Hall–Kier alpha value is -1.54. The maximum Gasteiger partial charge on any atom is 0.0640 e. The highest BCUT2D eigenvalue weighted by Crippen LogP contribution is 2.28. The van der Waals surface area contributed by atoms with E-state index in [-0.39, 0.29) is 6.04 Å². The first-order valence-electron chi connectivity index (χ1n) is 5.60. The fourth-order valence-corrected chi connectivity index (χ4v) is 2.02. The Morgan fingerprint density at radius 2 is 2.06 bits per heavy atom. The number of halogens is 1. The molecule has 0 amide bonds. The Morgan fingerprint density at radius 1 is 1.24 bits per heavy atom. The van der Waals surface area contributed by atoms with Crippen LogP contribution >= 0.6 is 11.6 Å². The number of hydrogen-bond acceptors (Lipinski definition) is 2. The van der Waals surface area contributed by atoms with Gasteiger partial charge < -0.3 is 5.32 Å². The molecule has 3 heteroatoms. The monoisotopic (exact) mass is 246 g/mol. The third-order valence-electron chi connectivity index (χ3n) is 2.77. The lowest BCUT2D eigenvalue weighted by Crippen LogP contribution is -2.08. The van der Waals surface area contributed by atoms with Crippen molar-refractivity contribution < 1.29 is 0 Å². The number of hydrogen-bond donors (Lipinski definition) is 1. The Bertz CT molecular complexity index is 477.